The summed E-state index contributed by atoms with van der Waals surface area (Å²) in [5.74, 6) is 0.00213. The maximum atomic E-state index is 12.5. The SMILES string of the molecule is O=C(NS(=O)(=O)c1ccc(Cl)cc1)c1ccccc1Oc1ccccc1. The van der Waals surface area contributed by atoms with Gasteiger partial charge < -0.3 is 4.74 Å². The van der Waals surface area contributed by atoms with Gasteiger partial charge in [-0.1, -0.05) is 41.9 Å². The maximum absolute atomic E-state index is 12.5. The summed E-state index contributed by atoms with van der Waals surface area (Å²) in [7, 11) is -4.03. The third-order valence-electron chi connectivity index (χ3n) is 3.45. The molecule has 3 aromatic rings. The number of carbonyl (C=O) groups excluding carboxylic acids is 1. The van der Waals surface area contributed by atoms with Gasteiger partial charge >= 0.3 is 0 Å². The summed E-state index contributed by atoms with van der Waals surface area (Å²) in [6, 6.07) is 20.8. The number of benzene rings is 3. The Morgan fingerprint density at radius 1 is 0.846 bits per heavy atom. The van der Waals surface area contributed by atoms with Crippen LogP contribution in [0.1, 0.15) is 10.4 Å². The van der Waals surface area contributed by atoms with Crippen LogP contribution in [-0.4, -0.2) is 14.3 Å². The highest BCUT2D eigenvalue weighted by atomic mass is 35.5. The number of ether oxygens (including phenoxy) is 1. The molecule has 0 spiro atoms. The van der Waals surface area contributed by atoms with Crippen molar-refractivity contribution in [2.75, 3.05) is 0 Å². The number of para-hydroxylation sites is 2. The van der Waals surface area contributed by atoms with Crippen molar-refractivity contribution >= 4 is 27.5 Å². The maximum Gasteiger partial charge on any atom is 0.268 e. The molecule has 7 heteroatoms. The Bertz CT molecular complexity index is 1020. The lowest BCUT2D eigenvalue weighted by Gasteiger charge is -2.12. The fourth-order valence-corrected chi connectivity index (χ4v) is 3.30. The molecule has 26 heavy (non-hydrogen) atoms. The van der Waals surface area contributed by atoms with E-state index in [0.29, 0.717) is 10.8 Å². The van der Waals surface area contributed by atoms with Crippen LogP contribution in [0.25, 0.3) is 0 Å². The minimum atomic E-state index is -4.03. The highest BCUT2D eigenvalue weighted by Crippen LogP contribution is 2.25. The van der Waals surface area contributed by atoms with E-state index in [2.05, 4.69) is 0 Å². The highest BCUT2D eigenvalue weighted by Gasteiger charge is 2.21. The molecule has 0 saturated carbocycles. The number of hydrogen-bond acceptors (Lipinski definition) is 4. The van der Waals surface area contributed by atoms with Crippen molar-refractivity contribution in [1.29, 1.82) is 0 Å². The third kappa shape index (κ3) is 4.22. The Balaban J connectivity index is 1.85. The summed E-state index contributed by atoms with van der Waals surface area (Å²) in [4.78, 5) is 12.5. The second-order valence-electron chi connectivity index (χ2n) is 5.30. The van der Waals surface area contributed by atoms with E-state index in [4.69, 9.17) is 16.3 Å². The van der Waals surface area contributed by atoms with Gasteiger partial charge in [-0.05, 0) is 48.5 Å². The molecule has 0 saturated heterocycles. The second kappa shape index (κ2) is 7.59. The smallest absolute Gasteiger partial charge is 0.268 e. The molecule has 0 aliphatic rings. The lowest BCUT2D eigenvalue weighted by molar-refractivity contribution is 0.0979. The van der Waals surface area contributed by atoms with Crippen LogP contribution in [0.2, 0.25) is 5.02 Å². The van der Waals surface area contributed by atoms with E-state index in [0.717, 1.165) is 0 Å². The zero-order valence-electron chi connectivity index (χ0n) is 13.4. The zero-order chi connectivity index (χ0) is 18.6. The molecule has 0 bridgehead atoms. The van der Waals surface area contributed by atoms with E-state index in [-0.39, 0.29) is 16.2 Å². The third-order valence-corrected chi connectivity index (χ3v) is 5.05. The van der Waals surface area contributed by atoms with Gasteiger partial charge in [-0.15, -0.1) is 0 Å². The molecule has 0 fully saturated rings. The average molecular weight is 388 g/mol. The van der Waals surface area contributed by atoms with Crippen LogP contribution in [0.4, 0.5) is 0 Å². The molecule has 0 heterocycles. The van der Waals surface area contributed by atoms with Crippen molar-refractivity contribution in [2.45, 2.75) is 4.90 Å². The van der Waals surface area contributed by atoms with Crippen LogP contribution >= 0.6 is 11.6 Å². The van der Waals surface area contributed by atoms with E-state index in [9.17, 15) is 13.2 Å². The molecule has 1 amide bonds. The lowest BCUT2D eigenvalue weighted by Crippen LogP contribution is -2.30. The monoisotopic (exact) mass is 387 g/mol. The van der Waals surface area contributed by atoms with Gasteiger partial charge in [0.15, 0.2) is 0 Å². The Kier molecular flexibility index (Phi) is 5.25. The largest absolute Gasteiger partial charge is 0.457 e. The minimum absolute atomic E-state index is 0.0586. The molecule has 0 aliphatic heterocycles. The Labute approximate surface area is 156 Å². The summed E-state index contributed by atoms with van der Waals surface area (Å²) < 4.78 is 32.5. The number of hydrogen-bond donors (Lipinski definition) is 1. The second-order valence-corrected chi connectivity index (χ2v) is 7.42. The fraction of sp³-hybridized carbons (Fsp3) is 0. The standard InChI is InChI=1S/C19H14ClNO4S/c20-14-10-12-16(13-11-14)26(23,24)21-19(22)17-8-4-5-9-18(17)25-15-6-2-1-3-7-15/h1-13H,(H,21,22). The summed E-state index contributed by atoms with van der Waals surface area (Å²) >= 11 is 5.76. The van der Waals surface area contributed by atoms with Crippen LogP contribution < -0.4 is 9.46 Å². The quantitative estimate of drug-likeness (QED) is 0.710. The number of sulfonamides is 1. The van der Waals surface area contributed by atoms with Gasteiger partial charge in [0.05, 0.1) is 10.5 Å². The van der Waals surface area contributed by atoms with Gasteiger partial charge in [-0.2, -0.15) is 0 Å². The van der Waals surface area contributed by atoms with Crippen LogP contribution in [-0.2, 0) is 10.0 Å². The van der Waals surface area contributed by atoms with Gasteiger partial charge in [0.2, 0.25) is 0 Å². The molecule has 0 aliphatic carbocycles. The first-order chi connectivity index (χ1) is 12.5. The molecule has 3 aromatic carbocycles. The molecule has 0 aromatic heterocycles. The molecular formula is C19H14ClNO4S. The highest BCUT2D eigenvalue weighted by molar-refractivity contribution is 7.90. The molecular weight excluding hydrogens is 374 g/mol. The predicted octanol–water partition coefficient (Wildman–Crippen LogP) is 4.25. The van der Waals surface area contributed by atoms with Crippen LogP contribution in [0, 0.1) is 0 Å². The topological polar surface area (TPSA) is 72.5 Å². The van der Waals surface area contributed by atoms with Gasteiger partial charge in [-0.3, -0.25) is 4.79 Å². The summed E-state index contributed by atoms with van der Waals surface area (Å²) in [6.07, 6.45) is 0. The Morgan fingerprint density at radius 3 is 2.15 bits per heavy atom. The van der Waals surface area contributed by atoms with Crippen molar-refractivity contribution in [3.05, 3.63) is 89.4 Å². The van der Waals surface area contributed by atoms with Gasteiger partial charge in [0, 0.05) is 5.02 Å². The molecule has 0 unspecified atom stereocenters. The Morgan fingerprint density at radius 2 is 1.46 bits per heavy atom. The molecule has 1 N–H and O–H groups in total. The zero-order valence-corrected chi connectivity index (χ0v) is 15.0. The lowest BCUT2D eigenvalue weighted by atomic mass is 10.2. The van der Waals surface area contributed by atoms with Gasteiger partial charge in [0.1, 0.15) is 11.5 Å². The number of rotatable bonds is 5. The van der Waals surface area contributed by atoms with E-state index >= 15 is 0 Å². The Hall–Kier alpha value is -2.83. The minimum Gasteiger partial charge on any atom is -0.457 e. The van der Waals surface area contributed by atoms with Crippen molar-refractivity contribution in [3.8, 4) is 11.5 Å². The molecule has 0 atom stereocenters. The van der Waals surface area contributed by atoms with Crippen LogP contribution in [0.5, 0.6) is 11.5 Å². The first kappa shape index (κ1) is 18.0. The first-order valence-electron chi connectivity index (χ1n) is 7.60. The summed E-state index contributed by atoms with van der Waals surface area (Å²) in [5.41, 5.74) is 0.105. The number of amides is 1. The van der Waals surface area contributed by atoms with Crippen molar-refractivity contribution < 1.29 is 17.9 Å². The van der Waals surface area contributed by atoms with Crippen LogP contribution in [0.3, 0.4) is 0 Å². The summed E-state index contributed by atoms with van der Waals surface area (Å²) in [6.45, 7) is 0. The van der Waals surface area contributed by atoms with Crippen molar-refractivity contribution in [1.82, 2.24) is 4.72 Å². The van der Waals surface area contributed by atoms with Gasteiger partial charge in [-0.25, -0.2) is 13.1 Å². The predicted molar refractivity (Wildman–Crippen MR) is 99.1 cm³/mol. The number of halogens is 1. The molecule has 3 rings (SSSR count). The normalized spacial score (nSPS) is 11.0. The van der Waals surface area contributed by atoms with Crippen LogP contribution in [0.15, 0.2) is 83.8 Å². The van der Waals surface area contributed by atoms with Crippen molar-refractivity contribution in [3.63, 3.8) is 0 Å². The van der Waals surface area contributed by atoms with Gasteiger partial charge in [0.25, 0.3) is 15.9 Å². The van der Waals surface area contributed by atoms with E-state index in [1.807, 2.05) is 10.8 Å². The van der Waals surface area contributed by atoms with E-state index < -0.39 is 15.9 Å². The summed E-state index contributed by atoms with van der Waals surface area (Å²) in [5, 5.41) is 0.400. The number of carbonyl (C=O) groups is 1. The average Bonchev–Trinajstić information content (AvgIpc) is 2.63. The first-order valence-corrected chi connectivity index (χ1v) is 9.46. The van der Waals surface area contributed by atoms with E-state index in [1.165, 1.54) is 30.3 Å². The molecule has 132 valence electrons. The van der Waals surface area contributed by atoms with Crippen molar-refractivity contribution in [2.24, 2.45) is 0 Å². The molecule has 5 nitrogen and oxygen atoms in total. The fourth-order valence-electron chi connectivity index (χ4n) is 2.21. The molecule has 0 radical (unpaired) electrons. The number of nitrogens with one attached hydrogen (secondary N) is 1. The van der Waals surface area contributed by atoms with E-state index in [1.54, 1.807) is 42.5 Å².